The number of carbonyl (C=O) groups excluding carboxylic acids is 1. The van der Waals surface area contributed by atoms with Crippen molar-refractivity contribution in [2.45, 2.75) is 13.0 Å². The SMILES string of the molecule is CC(NCCNC(=O)N(C)C)c1cc(O)cc(O)c1. The molecule has 1 atom stereocenters. The molecule has 0 aromatic heterocycles. The maximum atomic E-state index is 11.3. The highest BCUT2D eigenvalue weighted by Gasteiger charge is 2.08. The minimum atomic E-state index is -0.135. The molecule has 1 aromatic rings. The predicted molar refractivity (Wildman–Crippen MR) is 73.3 cm³/mol. The van der Waals surface area contributed by atoms with Gasteiger partial charge in [-0.05, 0) is 24.6 Å². The molecule has 0 radical (unpaired) electrons. The molecule has 1 unspecified atom stereocenters. The first-order chi connectivity index (χ1) is 8.90. The molecule has 1 aromatic carbocycles. The number of nitrogens with zero attached hydrogens (tertiary/aromatic N) is 1. The van der Waals surface area contributed by atoms with Crippen molar-refractivity contribution in [3.05, 3.63) is 23.8 Å². The Balaban J connectivity index is 2.39. The maximum Gasteiger partial charge on any atom is 0.316 e. The molecule has 2 amide bonds. The maximum absolute atomic E-state index is 11.3. The van der Waals surface area contributed by atoms with Crippen molar-refractivity contribution in [3.63, 3.8) is 0 Å². The van der Waals surface area contributed by atoms with Gasteiger partial charge in [0.15, 0.2) is 0 Å². The number of phenols is 2. The fourth-order valence-corrected chi connectivity index (χ4v) is 1.60. The molecule has 0 aliphatic carbocycles. The van der Waals surface area contributed by atoms with Gasteiger partial charge in [-0.1, -0.05) is 0 Å². The van der Waals surface area contributed by atoms with E-state index >= 15 is 0 Å². The van der Waals surface area contributed by atoms with Crippen LogP contribution in [0.15, 0.2) is 18.2 Å². The highest BCUT2D eigenvalue weighted by molar-refractivity contribution is 5.73. The van der Waals surface area contributed by atoms with Gasteiger partial charge in [0.1, 0.15) is 11.5 Å². The summed E-state index contributed by atoms with van der Waals surface area (Å²) in [6.45, 7) is 3.02. The Hall–Kier alpha value is -1.95. The minimum Gasteiger partial charge on any atom is -0.508 e. The van der Waals surface area contributed by atoms with Crippen LogP contribution in [-0.4, -0.2) is 48.3 Å². The van der Waals surface area contributed by atoms with Crippen LogP contribution in [0.4, 0.5) is 4.79 Å². The number of phenolic OH excluding ortho intramolecular Hbond substituents is 2. The number of nitrogens with one attached hydrogen (secondary N) is 2. The lowest BCUT2D eigenvalue weighted by atomic mass is 10.1. The molecule has 6 nitrogen and oxygen atoms in total. The number of aromatic hydroxyl groups is 2. The largest absolute Gasteiger partial charge is 0.508 e. The summed E-state index contributed by atoms with van der Waals surface area (Å²) in [5.74, 6) is 0.0640. The summed E-state index contributed by atoms with van der Waals surface area (Å²) in [5, 5.41) is 24.7. The zero-order valence-corrected chi connectivity index (χ0v) is 11.5. The van der Waals surface area contributed by atoms with Gasteiger partial charge < -0.3 is 25.7 Å². The second-order valence-electron chi connectivity index (χ2n) is 4.58. The number of urea groups is 1. The summed E-state index contributed by atoms with van der Waals surface area (Å²) in [4.78, 5) is 12.7. The van der Waals surface area contributed by atoms with Crippen molar-refractivity contribution >= 4 is 6.03 Å². The highest BCUT2D eigenvalue weighted by Crippen LogP contribution is 2.24. The first-order valence-corrected chi connectivity index (χ1v) is 6.11. The number of carbonyl (C=O) groups is 1. The van der Waals surface area contributed by atoms with Gasteiger partial charge in [-0.15, -0.1) is 0 Å². The molecule has 1 rings (SSSR count). The summed E-state index contributed by atoms with van der Waals surface area (Å²) >= 11 is 0. The summed E-state index contributed by atoms with van der Waals surface area (Å²) in [5.41, 5.74) is 0.788. The van der Waals surface area contributed by atoms with Crippen LogP contribution in [0.1, 0.15) is 18.5 Å². The first kappa shape index (κ1) is 15.1. The first-order valence-electron chi connectivity index (χ1n) is 6.11. The van der Waals surface area contributed by atoms with Crippen LogP contribution in [0.25, 0.3) is 0 Å². The monoisotopic (exact) mass is 267 g/mol. The molecule has 0 aliphatic rings. The topological polar surface area (TPSA) is 84.8 Å². The number of hydrogen-bond donors (Lipinski definition) is 4. The molecular formula is C13H21N3O3. The molecule has 106 valence electrons. The van der Waals surface area contributed by atoms with E-state index in [9.17, 15) is 15.0 Å². The third-order valence-electron chi connectivity index (χ3n) is 2.68. The van der Waals surface area contributed by atoms with Crippen LogP contribution in [-0.2, 0) is 0 Å². The Morgan fingerprint density at radius 1 is 1.21 bits per heavy atom. The van der Waals surface area contributed by atoms with E-state index in [0.717, 1.165) is 5.56 Å². The highest BCUT2D eigenvalue weighted by atomic mass is 16.3. The van der Waals surface area contributed by atoms with E-state index in [1.165, 1.54) is 11.0 Å². The van der Waals surface area contributed by atoms with Crippen LogP contribution >= 0.6 is 0 Å². The van der Waals surface area contributed by atoms with Gasteiger partial charge in [-0.2, -0.15) is 0 Å². The Kier molecular flexibility index (Phi) is 5.44. The molecule has 0 saturated carbocycles. The molecule has 0 saturated heterocycles. The van der Waals surface area contributed by atoms with Gasteiger partial charge in [-0.25, -0.2) is 4.79 Å². The van der Waals surface area contributed by atoms with E-state index in [4.69, 9.17) is 0 Å². The minimum absolute atomic E-state index is 0.0320. The average Bonchev–Trinajstić information content (AvgIpc) is 2.32. The second kappa shape index (κ2) is 6.84. The third-order valence-corrected chi connectivity index (χ3v) is 2.68. The van der Waals surface area contributed by atoms with Crippen molar-refractivity contribution < 1.29 is 15.0 Å². The van der Waals surface area contributed by atoms with Crippen LogP contribution in [0.5, 0.6) is 11.5 Å². The Morgan fingerprint density at radius 2 is 1.79 bits per heavy atom. The molecule has 0 bridgehead atoms. The van der Waals surface area contributed by atoms with Gasteiger partial charge in [-0.3, -0.25) is 0 Å². The molecule has 0 fully saturated rings. The van der Waals surface area contributed by atoms with Gasteiger partial charge in [0.05, 0.1) is 0 Å². The standard InChI is InChI=1S/C13H21N3O3/c1-9(10-6-11(17)8-12(18)7-10)14-4-5-15-13(19)16(2)3/h6-9,14,17-18H,4-5H2,1-3H3,(H,15,19). The molecule has 4 N–H and O–H groups in total. The van der Waals surface area contributed by atoms with Crippen LogP contribution < -0.4 is 10.6 Å². The van der Waals surface area contributed by atoms with Crippen molar-refractivity contribution in [1.29, 1.82) is 0 Å². The van der Waals surface area contributed by atoms with Gasteiger partial charge in [0, 0.05) is 39.3 Å². The summed E-state index contributed by atoms with van der Waals surface area (Å²) in [6.07, 6.45) is 0. The third kappa shape index (κ3) is 5.05. The van der Waals surface area contributed by atoms with Gasteiger partial charge >= 0.3 is 6.03 Å². The van der Waals surface area contributed by atoms with Crippen LogP contribution in [0.3, 0.4) is 0 Å². The Morgan fingerprint density at radius 3 is 2.32 bits per heavy atom. The Bertz CT molecular complexity index is 415. The number of amides is 2. The lowest BCUT2D eigenvalue weighted by Crippen LogP contribution is -2.38. The van der Waals surface area contributed by atoms with Crippen molar-refractivity contribution in [2.75, 3.05) is 27.2 Å². The van der Waals surface area contributed by atoms with Gasteiger partial charge in [0.2, 0.25) is 0 Å². The van der Waals surface area contributed by atoms with Crippen molar-refractivity contribution in [3.8, 4) is 11.5 Å². The second-order valence-corrected chi connectivity index (χ2v) is 4.58. The molecule has 0 heterocycles. The van der Waals surface area contributed by atoms with E-state index in [2.05, 4.69) is 10.6 Å². The summed E-state index contributed by atoms with van der Waals surface area (Å²) < 4.78 is 0. The quantitative estimate of drug-likeness (QED) is 0.600. The zero-order valence-electron chi connectivity index (χ0n) is 11.5. The van der Waals surface area contributed by atoms with E-state index in [1.807, 2.05) is 6.92 Å². The molecule has 19 heavy (non-hydrogen) atoms. The fraction of sp³-hybridized carbons (Fsp3) is 0.462. The Labute approximate surface area is 113 Å². The lowest BCUT2D eigenvalue weighted by molar-refractivity contribution is 0.217. The number of rotatable bonds is 5. The summed E-state index contributed by atoms with van der Waals surface area (Å²) in [6, 6.07) is 4.30. The van der Waals surface area contributed by atoms with Crippen molar-refractivity contribution in [2.24, 2.45) is 0 Å². The number of benzene rings is 1. The molecular weight excluding hydrogens is 246 g/mol. The molecule has 0 spiro atoms. The zero-order chi connectivity index (χ0) is 14.4. The fourth-order valence-electron chi connectivity index (χ4n) is 1.60. The van der Waals surface area contributed by atoms with E-state index in [1.54, 1.807) is 26.2 Å². The average molecular weight is 267 g/mol. The van der Waals surface area contributed by atoms with Crippen molar-refractivity contribution in [1.82, 2.24) is 15.5 Å². The van der Waals surface area contributed by atoms with Crippen LogP contribution in [0, 0.1) is 0 Å². The van der Waals surface area contributed by atoms with Crippen LogP contribution in [0.2, 0.25) is 0 Å². The predicted octanol–water partition coefficient (Wildman–Crippen LogP) is 1.02. The number of hydrogen-bond acceptors (Lipinski definition) is 4. The smallest absolute Gasteiger partial charge is 0.316 e. The van der Waals surface area contributed by atoms with E-state index in [0.29, 0.717) is 13.1 Å². The van der Waals surface area contributed by atoms with Gasteiger partial charge in [0.25, 0.3) is 0 Å². The molecule has 6 heteroatoms. The summed E-state index contributed by atoms with van der Waals surface area (Å²) in [7, 11) is 3.36. The molecule has 0 aliphatic heterocycles. The van der Waals surface area contributed by atoms with E-state index in [-0.39, 0.29) is 23.6 Å². The van der Waals surface area contributed by atoms with E-state index < -0.39 is 0 Å². The lowest BCUT2D eigenvalue weighted by Gasteiger charge is -2.16. The normalized spacial score (nSPS) is 11.9.